The van der Waals surface area contributed by atoms with Gasteiger partial charge in [-0.1, -0.05) is 22.0 Å². The SMILES string of the molecule is Cc1c(N)cc(Br)cc1S(=O)(=O)NC(C)Cc1cccs1. The minimum Gasteiger partial charge on any atom is -0.398 e. The van der Waals surface area contributed by atoms with E-state index in [1.807, 2.05) is 24.4 Å². The molecule has 0 aliphatic rings. The summed E-state index contributed by atoms with van der Waals surface area (Å²) in [5.41, 5.74) is 6.86. The van der Waals surface area contributed by atoms with Gasteiger partial charge in [0, 0.05) is 21.1 Å². The van der Waals surface area contributed by atoms with Crippen molar-refractivity contribution in [2.45, 2.75) is 31.2 Å². The number of benzene rings is 1. The van der Waals surface area contributed by atoms with Gasteiger partial charge in [0.05, 0.1) is 4.90 Å². The number of nitrogens with two attached hydrogens (primary N) is 1. The molecule has 1 unspecified atom stereocenters. The number of sulfonamides is 1. The third-order valence-electron chi connectivity index (χ3n) is 3.10. The average molecular weight is 389 g/mol. The molecule has 114 valence electrons. The predicted molar refractivity (Wildman–Crippen MR) is 91.1 cm³/mol. The molecule has 1 aromatic heterocycles. The van der Waals surface area contributed by atoms with Crippen molar-refractivity contribution in [3.8, 4) is 0 Å². The number of rotatable bonds is 5. The van der Waals surface area contributed by atoms with Crippen molar-refractivity contribution in [1.82, 2.24) is 4.72 Å². The van der Waals surface area contributed by atoms with Crippen LogP contribution in [0.15, 0.2) is 39.0 Å². The first-order chi connectivity index (χ1) is 9.79. The zero-order valence-corrected chi connectivity index (χ0v) is 15.0. The Morgan fingerprint density at radius 3 is 2.76 bits per heavy atom. The summed E-state index contributed by atoms with van der Waals surface area (Å²) in [4.78, 5) is 1.36. The van der Waals surface area contributed by atoms with Crippen LogP contribution >= 0.6 is 27.3 Å². The first kappa shape index (κ1) is 16.5. The molecule has 21 heavy (non-hydrogen) atoms. The molecule has 0 amide bonds. The number of nitrogen functional groups attached to an aromatic ring is 1. The van der Waals surface area contributed by atoms with Gasteiger partial charge in [0.1, 0.15) is 0 Å². The van der Waals surface area contributed by atoms with Crippen molar-refractivity contribution in [1.29, 1.82) is 0 Å². The van der Waals surface area contributed by atoms with Crippen LogP contribution in [0.25, 0.3) is 0 Å². The second kappa shape index (κ2) is 6.48. The average Bonchev–Trinajstić information content (AvgIpc) is 2.85. The summed E-state index contributed by atoms with van der Waals surface area (Å²) in [5.74, 6) is 0. The monoisotopic (exact) mass is 388 g/mol. The van der Waals surface area contributed by atoms with E-state index in [2.05, 4.69) is 20.7 Å². The molecule has 3 N–H and O–H groups in total. The van der Waals surface area contributed by atoms with Crippen LogP contribution in [0.1, 0.15) is 17.4 Å². The molecule has 7 heteroatoms. The third-order valence-corrected chi connectivity index (χ3v) is 6.17. The Morgan fingerprint density at radius 2 is 2.14 bits per heavy atom. The number of thiophene rings is 1. The van der Waals surface area contributed by atoms with Gasteiger partial charge in [-0.15, -0.1) is 11.3 Å². The van der Waals surface area contributed by atoms with E-state index in [9.17, 15) is 8.42 Å². The summed E-state index contributed by atoms with van der Waals surface area (Å²) in [6.07, 6.45) is 0.666. The van der Waals surface area contributed by atoms with Crippen LogP contribution in [-0.2, 0) is 16.4 Å². The van der Waals surface area contributed by atoms with Gasteiger partial charge in [-0.2, -0.15) is 0 Å². The van der Waals surface area contributed by atoms with Crippen LogP contribution < -0.4 is 10.5 Å². The number of hydrogen-bond donors (Lipinski definition) is 2. The maximum absolute atomic E-state index is 12.5. The van der Waals surface area contributed by atoms with E-state index >= 15 is 0 Å². The highest BCUT2D eigenvalue weighted by Crippen LogP contribution is 2.26. The van der Waals surface area contributed by atoms with E-state index < -0.39 is 10.0 Å². The molecule has 4 nitrogen and oxygen atoms in total. The lowest BCUT2D eigenvalue weighted by atomic mass is 10.2. The quantitative estimate of drug-likeness (QED) is 0.771. The predicted octanol–water partition coefficient (Wildman–Crippen LogP) is 3.31. The number of hydrogen-bond acceptors (Lipinski definition) is 4. The van der Waals surface area contributed by atoms with E-state index in [0.717, 1.165) is 4.88 Å². The molecule has 2 rings (SSSR count). The standard InChI is InChI=1S/C14H17BrN2O2S2/c1-9(6-12-4-3-5-20-12)17-21(18,19)14-8-11(15)7-13(16)10(14)2/h3-5,7-9,17H,6,16H2,1-2H3. The number of nitrogens with one attached hydrogen (secondary N) is 1. The van der Waals surface area contributed by atoms with E-state index in [0.29, 0.717) is 22.1 Å². The van der Waals surface area contributed by atoms with Crippen molar-refractivity contribution < 1.29 is 8.42 Å². The van der Waals surface area contributed by atoms with Gasteiger partial charge in [-0.25, -0.2) is 13.1 Å². The Hall–Kier alpha value is -0.890. The summed E-state index contributed by atoms with van der Waals surface area (Å²) in [6.45, 7) is 3.56. The lowest BCUT2D eigenvalue weighted by molar-refractivity contribution is 0.560. The number of anilines is 1. The molecule has 0 saturated heterocycles. The van der Waals surface area contributed by atoms with E-state index in [1.165, 1.54) is 0 Å². The molecular weight excluding hydrogens is 372 g/mol. The highest BCUT2D eigenvalue weighted by Gasteiger charge is 2.21. The van der Waals surface area contributed by atoms with Crippen molar-refractivity contribution in [2.24, 2.45) is 0 Å². The first-order valence-corrected chi connectivity index (χ1v) is 9.55. The minimum atomic E-state index is -3.59. The fraction of sp³-hybridized carbons (Fsp3) is 0.286. The fourth-order valence-electron chi connectivity index (χ4n) is 2.05. The van der Waals surface area contributed by atoms with Gasteiger partial charge in [0.25, 0.3) is 0 Å². The highest BCUT2D eigenvalue weighted by atomic mass is 79.9. The smallest absolute Gasteiger partial charge is 0.241 e. The zero-order chi connectivity index (χ0) is 15.6. The summed E-state index contributed by atoms with van der Waals surface area (Å²) in [5, 5.41) is 1.98. The Bertz CT molecular complexity index is 728. The summed E-state index contributed by atoms with van der Waals surface area (Å²) >= 11 is 4.90. The second-order valence-corrected chi connectivity index (χ2v) is 8.55. The first-order valence-electron chi connectivity index (χ1n) is 6.40. The Labute approximate surface area is 137 Å². The normalized spacial score (nSPS) is 13.3. The summed E-state index contributed by atoms with van der Waals surface area (Å²) in [6, 6.07) is 7.04. The molecule has 1 atom stereocenters. The van der Waals surface area contributed by atoms with Gasteiger partial charge in [-0.05, 0) is 49.4 Å². The van der Waals surface area contributed by atoms with Crippen molar-refractivity contribution in [3.05, 3.63) is 44.6 Å². The molecule has 0 fully saturated rings. The van der Waals surface area contributed by atoms with Crippen LogP contribution in [0.5, 0.6) is 0 Å². The van der Waals surface area contributed by atoms with Gasteiger partial charge in [0.15, 0.2) is 0 Å². The van der Waals surface area contributed by atoms with E-state index in [4.69, 9.17) is 5.73 Å². The van der Waals surface area contributed by atoms with Crippen LogP contribution in [0.3, 0.4) is 0 Å². The van der Waals surface area contributed by atoms with E-state index in [-0.39, 0.29) is 10.9 Å². The summed E-state index contributed by atoms with van der Waals surface area (Å²) < 4.78 is 28.4. The Kier molecular flexibility index (Phi) is 5.08. The van der Waals surface area contributed by atoms with Crippen LogP contribution in [0.4, 0.5) is 5.69 Å². The molecule has 0 spiro atoms. The van der Waals surface area contributed by atoms with Gasteiger partial charge in [-0.3, -0.25) is 0 Å². The van der Waals surface area contributed by atoms with Gasteiger partial charge in [0.2, 0.25) is 10.0 Å². The Balaban J connectivity index is 2.22. The van der Waals surface area contributed by atoms with Crippen LogP contribution in [0.2, 0.25) is 0 Å². The maximum Gasteiger partial charge on any atom is 0.241 e. The van der Waals surface area contributed by atoms with Crippen LogP contribution in [0, 0.1) is 6.92 Å². The molecule has 2 aromatic rings. The van der Waals surface area contributed by atoms with Gasteiger partial charge >= 0.3 is 0 Å². The lowest BCUT2D eigenvalue weighted by Crippen LogP contribution is -2.34. The largest absolute Gasteiger partial charge is 0.398 e. The maximum atomic E-state index is 12.5. The molecule has 1 aromatic carbocycles. The Morgan fingerprint density at radius 1 is 1.43 bits per heavy atom. The molecule has 0 aliphatic carbocycles. The van der Waals surface area contributed by atoms with Crippen molar-refractivity contribution in [3.63, 3.8) is 0 Å². The molecule has 0 radical (unpaired) electrons. The summed E-state index contributed by atoms with van der Waals surface area (Å²) in [7, 11) is -3.59. The molecule has 0 bridgehead atoms. The third kappa shape index (κ3) is 4.06. The number of halogens is 1. The van der Waals surface area contributed by atoms with E-state index in [1.54, 1.807) is 30.4 Å². The molecule has 0 aliphatic heterocycles. The van der Waals surface area contributed by atoms with Crippen LogP contribution in [-0.4, -0.2) is 14.5 Å². The lowest BCUT2D eigenvalue weighted by Gasteiger charge is -2.16. The molecule has 1 heterocycles. The minimum absolute atomic E-state index is 0.187. The van der Waals surface area contributed by atoms with Crippen molar-refractivity contribution in [2.75, 3.05) is 5.73 Å². The molecular formula is C14H17BrN2O2S2. The molecule has 0 saturated carbocycles. The fourth-order valence-corrected chi connectivity index (χ4v) is 5.06. The second-order valence-electron chi connectivity index (χ2n) is 4.92. The van der Waals surface area contributed by atoms with Gasteiger partial charge < -0.3 is 5.73 Å². The zero-order valence-electron chi connectivity index (χ0n) is 11.8. The van der Waals surface area contributed by atoms with Crippen molar-refractivity contribution >= 4 is 43.0 Å². The highest BCUT2D eigenvalue weighted by molar-refractivity contribution is 9.10. The topological polar surface area (TPSA) is 72.2 Å².